The number of H-pyrrole nitrogens is 1. The molecule has 0 bridgehead atoms. The van der Waals surface area contributed by atoms with Crippen molar-refractivity contribution < 1.29 is 37.1 Å². The summed E-state index contributed by atoms with van der Waals surface area (Å²) in [6.07, 6.45) is 5.16. The molecule has 0 saturated carbocycles. The maximum atomic E-state index is 13.4. The fraction of sp³-hybridized carbons (Fsp3) is 0.225. The normalized spacial score (nSPS) is 15.4. The van der Waals surface area contributed by atoms with Crippen molar-refractivity contribution in [3.8, 4) is 28.4 Å². The number of carbonyl (C=O) groups is 4. The highest BCUT2D eigenvalue weighted by molar-refractivity contribution is 7.92. The van der Waals surface area contributed by atoms with E-state index in [0.29, 0.717) is 69.4 Å². The second-order valence-electron chi connectivity index (χ2n) is 13.9. The molecule has 3 aromatic heterocycles. The molecule has 5 heterocycles. The molecular formula is C40H37N9O9S. The molecule has 1 saturated heterocycles. The van der Waals surface area contributed by atoms with E-state index in [4.69, 9.17) is 9.47 Å². The SMILES string of the molecule is CCS(=O)(=O)Nc1ccc(Oc2cccc(OCc3cn(CCNc4cccc5c4C(=O)N(C4CCC(=O)NC4=O)C5=O)nn3)c2)c(-c2cn(C)c(=O)c3[nH]ccc23)c1. The Bertz CT molecular complexity index is 2850. The lowest BCUT2D eigenvalue weighted by Crippen LogP contribution is -2.54. The predicted molar refractivity (Wildman–Crippen MR) is 215 cm³/mol. The van der Waals surface area contributed by atoms with Crippen LogP contribution < -0.4 is 30.4 Å². The number of amides is 4. The molecule has 1 atom stereocenters. The molecule has 0 aliphatic carbocycles. The minimum atomic E-state index is -3.58. The van der Waals surface area contributed by atoms with Gasteiger partial charge in [-0.15, -0.1) is 5.10 Å². The van der Waals surface area contributed by atoms with Crippen molar-refractivity contribution in [3.63, 3.8) is 0 Å². The Morgan fingerprint density at radius 2 is 1.73 bits per heavy atom. The van der Waals surface area contributed by atoms with Crippen LogP contribution in [0, 0.1) is 0 Å². The van der Waals surface area contributed by atoms with Gasteiger partial charge in [-0.1, -0.05) is 17.3 Å². The van der Waals surface area contributed by atoms with Gasteiger partial charge in [0.15, 0.2) is 0 Å². The lowest BCUT2D eigenvalue weighted by atomic mass is 10.0. The van der Waals surface area contributed by atoms with Gasteiger partial charge in [0.25, 0.3) is 17.4 Å². The summed E-state index contributed by atoms with van der Waals surface area (Å²) in [5, 5.41) is 14.4. The van der Waals surface area contributed by atoms with Crippen molar-refractivity contribution >= 4 is 55.9 Å². The molecule has 6 aromatic rings. The molecule has 4 N–H and O–H groups in total. The van der Waals surface area contributed by atoms with Crippen molar-refractivity contribution in [2.24, 2.45) is 7.05 Å². The number of aromatic nitrogens is 5. The Kier molecular flexibility index (Phi) is 10.2. The molecule has 3 aromatic carbocycles. The van der Waals surface area contributed by atoms with Gasteiger partial charge in [0.1, 0.15) is 41.1 Å². The molecule has 8 rings (SSSR count). The molecule has 1 unspecified atom stereocenters. The van der Waals surface area contributed by atoms with Crippen LogP contribution in [0.3, 0.4) is 0 Å². The quantitative estimate of drug-likeness (QED) is 0.115. The summed E-state index contributed by atoms with van der Waals surface area (Å²) >= 11 is 0. The van der Waals surface area contributed by atoms with Crippen molar-refractivity contribution in [2.75, 3.05) is 22.3 Å². The van der Waals surface area contributed by atoms with Crippen molar-refractivity contribution in [3.05, 3.63) is 112 Å². The van der Waals surface area contributed by atoms with E-state index >= 15 is 0 Å². The van der Waals surface area contributed by atoms with Crippen molar-refractivity contribution in [1.29, 1.82) is 0 Å². The molecule has 1 fully saturated rings. The van der Waals surface area contributed by atoms with Gasteiger partial charge >= 0.3 is 0 Å². The standard InChI is InChI=1S/C40H37N9O9S/c1-3-59(55,56)45-23-10-12-33(29(18-23)30-21-47(2)40(54)36-27(30)14-15-42-36)58-26-7-4-6-25(19-26)57-22-24-20-48(46-44-24)17-16-41-31-9-5-8-28-35(31)39(53)49(38(28)52)32-11-13-34(50)43-37(32)51/h4-10,12,14-15,18-21,32,41-42,45H,3,11,13,16-17,22H2,1-2H3,(H,43,50,51). The number of imide groups is 2. The topological polar surface area (TPSA) is 229 Å². The number of hydrogen-bond acceptors (Lipinski definition) is 12. The van der Waals surface area contributed by atoms with E-state index in [1.165, 1.54) is 10.6 Å². The zero-order chi connectivity index (χ0) is 41.4. The smallest absolute Gasteiger partial charge is 0.274 e. The van der Waals surface area contributed by atoms with Crippen LogP contribution in [0.15, 0.2) is 90.1 Å². The van der Waals surface area contributed by atoms with E-state index in [1.54, 1.807) is 97.9 Å². The first kappa shape index (κ1) is 38.6. The average Bonchev–Trinajstić information content (AvgIpc) is 3.96. The number of anilines is 2. The molecule has 0 radical (unpaired) electrons. The third-order valence-electron chi connectivity index (χ3n) is 9.95. The highest BCUT2D eigenvalue weighted by Crippen LogP contribution is 2.39. The number of fused-ring (bicyclic) bond motifs is 2. The first-order chi connectivity index (χ1) is 28.4. The molecule has 19 heteroatoms. The van der Waals surface area contributed by atoms with E-state index in [0.717, 1.165) is 4.90 Å². The number of carbonyl (C=O) groups excluding carboxylic acids is 4. The molecular weight excluding hydrogens is 783 g/mol. The summed E-state index contributed by atoms with van der Waals surface area (Å²) in [7, 11) is -1.94. The van der Waals surface area contributed by atoms with Crippen LogP contribution >= 0.6 is 0 Å². The Balaban J connectivity index is 0.924. The third-order valence-corrected chi connectivity index (χ3v) is 11.3. The first-order valence-corrected chi connectivity index (χ1v) is 20.2. The number of nitrogens with one attached hydrogen (secondary N) is 4. The van der Waals surface area contributed by atoms with Gasteiger partial charge in [-0.25, -0.2) is 8.42 Å². The Hall–Kier alpha value is -7.28. The number of rotatable bonds is 14. The molecule has 2 aliphatic rings. The zero-order valence-electron chi connectivity index (χ0n) is 31.7. The number of hydrogen-bond donors (Lipinski definition) is 4. The molecule has 2 aliphatic heterocycles. The van der Waals surface area contributed by atoms with Crippen LogP contribution in [0.5, 0.6) is 17.2 Å². The van der Waals surface area contributed by atoms with E-state index < -0.39 is 39.7 Å². The predicted octanol–water partition coefficient (Wildman–Crippen LogP) is 3.77. The Morgan fingerprint density at radius 3 is 2.54 bits per heavy atom. The second-order valence-corrected chi connectivity index (χ2v) is 15.9. The maximum absolute atomic E-state index is 13.4. The van der Waals surface area contributed by atoms with Gasteiger partial charge in [0.05, 0.1) is 29.6 Å². The third kappa shape index (κ3) is 7.74. The van der Waals surface area contributed by atoms with Crippen LogP contribution in [0.25, 0.3) is 22.0 Å². The number of benzene rings is 3. The largest absolute Gasteiger partial charge is 0.487 e. The highest BCUT2D eigenvalue weighted by atomic mass is 32.2. The van der Waals surface area contributed by atoms with Crippen LogP contribution in [0.1, 0.15) is 46.2 Å². The summed E-state index contributed by atoms with van der Waals surface area (Å²) in [5.74, 6) is -1.09. The summed E-state index contributed by atoms with van der Waals surface area (Å²) < 4.78 is 42.9. The van der Waals surface area contributed by atoms with Crippen LogP contribution in [-0.2, 0) is 39.8 Å². The number of aryl methyl sites for hydroxylation is 1. The van der Waals surface area contributed by atoms with Crippen LogP contribution in [-0.4, -0.2) is 79.8 Å². The molecule has 4 amide bonds. The van der Waals surface area contributed by atoms with Gasteiger partial charge in [-0.3, -0.25) is 43.6 Å². The Morgan fingerprint density at radius 1 is 0.915 bits per heavy atom. The van der Waals surface area contributed by atoms with Gasteiger partial charge in [0, 0.05) is 66.4 Å². The van der Waals surface area contributed by atoms with Crippen molar-refractivity contribution in [1.82, 2.24) is 34.8 Å². The minimum Gasteiger partial charge on any atom is -0.487 e. The van der Waals surface area contributed by atoms with E-state index in [2.05, 4.69) is 30.7 Å². The van der Waals surface area contributed by atoms with E-state index in [9.17, 15) is 32.4 Å². The molecule has 18 nitrogen and oxygen atoms in total. The first-order valence-electron chi connectivity index (χ1n) is 18.6. The van der Waals surface area contributed by atoms with Gasteiger partial charge in [-0.2, -0.15) is 0 Å². The van der Waals surface area contributed by atoms with E-state index in [1.807, 2.05) is 0 Å². The van der Waals surface area contributed by atoms with Crippen molar-refractivity contribution in [2.45, 2.75) is 39.0 Å². The maximum Gasteiger partial charge on any atom is 0.274 e. The van der Waals surface area contributed by atoms with Gasteiger partial charge in [-0.05, 0) is 61.9 Å². The zero-order valence-corrected chi connectivity index (χ0v) is 32.5. The average molecular weight is 820 g/mol. The Labute approximate surface area is 336 Å². The number of aromatic amines is 1. The summed E-state index contributed by atoms with van der Waals surface area (Å²) in [6, 6.07) is 17.5. The highest BCUT2D eigenvalue weighted by Gasteiger charge is 2.45. The minimum absolute atomic E-state index is 0.0328. The fourth-order valence-electron chi connectivity index (χ4n) is 7.02. The number of piperidine rings is 1. The number of pyridine rings is 1. The lowest BCUT2D eigenvalue weighted by Gasteiger charge is -2.27. The van der Waals surface area contributed by atoms with Crippen LogP contribution in [0.2, 0.25) is 0 Å². The number of nitrogens with zero attached hydrogens (tertiary/aromatic N) is 5. The monoisotopic (exact) mass is 819 g/mol. The van der Waals surface area contributed by atoms with Gasteiger partial charge < -0.3 is 24.3 Å². The van der Waals surface area contributed by atoms with Gasteiger partial charge in [0.2, 0.25) is 21.8 Å². The van der Waals surface area contributed by atoms with Crippen LogP contribution in [0.4, 0.5) is 11.4 Å². The molecule has 302 valence electrons. The summed E-state index contributed by atoms with van der Waals surface area (Å²) in [6.45, 7) is 2.30. The summed E-state index contributed by atoms with van der Waals surface area (Å²) in [5.41, 5.74) is 3.02. The fourth-order valence-corrected chi connectivity index (χ4v) is 7.65. The van der Waals surface area contributed by atoms with E-state index in [-0.39, 0.29) is 41.9 Å². The lowest BCUT2D eigenvalue weighted by molar-refractivity contribution is -0.136. The molecule has 59 heavy (non-hydrogen) atoms. The molecule has 0 spiro atoms. The number of sulfonamides is 1. The second kappa shape index (κ2) is 15.6. The number of ether oxygens (including phenoxy) is 2. The summed E-state index contributed by atoms with van der Waals surface area (Å²) in [4.78, 5) is 67.4.